The average molecular weight is 336 g/mol. The predicted octanol–water partition coefficient (Wildman–Crippen LogP) is 4.39. The summed E-state index contributed by atoms with van der Waals surface area (Å²) in [6.45, 7) is 3.54. The van der Waals surface area contributed by atoms with Crippen LogP contribution in [-0.4, -0.2) is 5.91 Å². The number of benzene rings is 2. The van der Waals surface area contributed by atoms with E-state index in [1.807, 2.05) is 25.1 Å². The van der Waals surface area contributed by atoms with E-state index in [1.165, 1.54) is 6.07 Å². The minimum Gasteiger partial charge on any atom is -0.345 e. The quantitative estimate of drug-likeness (QED) is 0.885. The lowest BCUT2D eigenvalue weighted by Crippen LogP contribution is -2.27. The monoisotopic (exact) mass is 335 g/mol. The summed E-state index contributed by atoms with van der Waals surface area (Å²) in [4.78, 5) is 12.2. The summed E-state index contributed by atoms with van der Waals surface area (Å²) in [5.74, 6) is -0.449. The molecule has 2 aromatic rings. The Morgan fingerprint density at radius 1 is 1.25 bits per heavy atom. The van der Waals surface area contributed by atoms with E-state index in [2.05, 4.69) is 21.2 Å². The van der Waals surface area contributed by atoms with Gasteiger partial charge in [-0.05, 0) is 59.1 Å². The number of carbonyl (C=O) groups is 1. The van der Waals surface area contributed by atoms with Gasteiger partial charge in [0.2, 0.25) is 0 Å². The van der Waals surface area contributed by atoms with Crippen molar-refractivity contribution < 1.29 is 9.18 Å². The van der Waals surface area contributed by atoms with Crippen LogP contribution in [0.1, 0.15) is 34.5 Å². The van der Waals surface area contributed by atoms with Crippen LogP contribution >= 0.6 is 15.9 Å². The highest BCUT2D eigenvalue weighted by molar-refractivity contribution is 9.10. The van der Waals surface area contributed by atoms with Gasteiger partial charge < -0.3 is 5.32 Å². The fourth-order valence-corrected chi connectivity index (χ4v) is 2.35. The van der Waals surface area contributed by atoms with Crippen LogP contribution in [0.5, 0.6) is 0 Å². The number of halogens is 2. The van der Waals surface area contributed by atoms with Crippen molar-refractivity contribution in [3.8, 4) is 0 Å². The molecule has 0 aromatic heterocycles. The summed E-state index contributed by atoms with van der Waals surface area (Å²) in [6, 6.07) is 11.9. The minimum absolute atomic E-state index is 0.189. The molecule has 0 saturated carbocycles. The maximum Gasteiger partial charge on any atom is 0.252 e. The van der Waals surface area contributed by atoms with Crippen molar-refractivity contribution in [3.63, 3.8) is 0 Å². The van der Waals surface area contributed by atoms with Gasteiger partial charge in [-0.2, -0.15) is 0 Å². The lowest BCUT2D eigenvalue weighted by molar-refractivity contribution is 0.0939. The fraction of sp³-hybridized carbons (Fsp3) is 0.188. The van der Waals surface area contributed by atoms with Crippen molar-refractivity contribution in [1.29, 1.82) is 0 Å². The van der Waals surface area contributed by atoms with Gasteiger partial charge in [0.1, 0.15) is 5.82 Å². The zero-order valence-corrected chi connectivity index (χ0v) is 12.9. The molecule has 0 heterocycles. The molecule has 104 valence electrons. The third kappa shape index (κ3) is 3.25. The van der Waals surface area contributed by atoms with E-state index in [-0.39, 0.29) is 17.8 Å². The Bertz CT molecular complexity index is 642. The number of aryl methyl sites for hydroxylation is 1. The highest BCUT2D eigenvalue weighted by Crippen LogP contribution is 2.19. The number of hydrogen-bond donors (Lipinski definition) is 1. The van der Waals surface area contributed by atoms with Gasteiger partial charge in [0.25, 0.3) is 5.91 Å². The standard InChI is InChI=1S/C16H15BrFNO/c1-10-7-8-12(9-15(10)18)11(2)19-16(20)13-5-3-4-6-14(13)17/h3-9,11H,1-2H3,(H,19,20). The van der Waals surface area contributed by atoms with Crippen LogP contribution in [-0.2, 0) is 0 Å². The summed E-state index contributed by atoms with van der Waals surface area (Å²) >= 11 is 3.34. The largest absolute Gasteiger partial charge is 0.345 e. The fourth-order valence-electron chi connectivity index (χ4n) is 1.88. The number of amides is 1. The van der Waals surface area contributed by atoms with Crippen molar-refractivity contribution in [2.75, 3.05) is 0 Å². The maximum atomic E-state index is 13.5. The van der Waals surface area contributed by atoms with E-state index < -0.39 is 0 Å². The SMILES string of the molecule is Cc1ccc(C(C)NC(=O)c2ccccc2Br)cc1F. The first kappa shape index (κ1) is 14.7. The van der Waals surface area contributed by atoms with Crippen LogP contribution in [0.2, 0.25) is 0 Å². The Balaban J connectivity index is 2.15. The van der Waals surface area contributed by atoms with Gasteiger partial charge in [0, 0.05) is 4.47 Å². The van der Waals surface area contributed by atoms with E-state index in [4.69, 9.17) is 0 Å². The zero-order chi connectivity index (χ0) is 14.7. The van der Waals surface area contributed by atoms with Gasteiger partial charge in [-0.25, -0.2) is 4.39 Å². The zero-order valence-electron chi connectivity index (χ0n) is 11.3. The van der Waals surface area contributed by atoms with Crippen molar-refractivity contribution in [1.82, 2.24) is 5.32 Å². The van der Waals surface area contributed by atoms with Crippen LogP contribution in [0, 0.1) is 12.7 Å². The second-order valence-electron chi connectivity index (χ2n) is 4.68. The van der Waals surface area contributed by atoms with Crippen molar-refractivity contribution >= 4 is 21.8 Å². The molecule has 20 heavy (non-hydrogen) atoms. The van der Waals surface area contributed by atoms with Crippen molar-refractivity contribution in [2.45, 2.75) is 19.9 Å². The molecule has 0 radical (unpaired) electrons. The molecule has 0 bridgehead atoms. The molecule has 2 nitrogen and oxygen atoms in total. The normalized spacial score (nSPS) is 12.0. The lowest BCUT2D eigenvalue weighted by Gasteiger charge is -2.15. The molecule has 1 amide bonds. The van der Waals surface area contributed by atoms with E-state index in [0.717, 1.165) is 10.0 Å². The van der Waals surface area contributed by atoms with Crippen molar-refractivity contribution in [2.24, 2.45) is 0 Å². The first-order chi connectivity index (χ1) is 9.49. The number of nitrogens with one attached hydrogen (secondary N) is 1. The molecule has 0 aliphatic heterocycles. The minimum atomic E-state index is -0.260. The number of hydrogen-bond acceptors (Lipinski definition) is 1. The van der Waals surface area contributed by atoms with E-state index in [9.17, 15) is 9.18 Å². The van der Waals surface area contributed by atoms with Gasteiger partial charge in [-0.1, -0.05) is 24.3 Å². The molecule has 2 aromatic carbocycles. The molecular formula is C16H15BrFNO. The number of carbonyl (C=O) groups excluding carboxylic acids is 1. The Hall–Kier alpha value is -1.68. The molecule has 1 atom stereocenters. The van der Waals surface area contributed by atoms with E-state index >= 15 is 0 Å². The summed E-state index contributed by atoms with van der Waals surface area (Å²) in [5.41, 5.74) is 1.90. The van der Waals surface area contributed by atoms with Gasteiger partial charge >= 0.3 is 0 Å². The van der Waals surface area contributed by atoms with Crippen LogP contribution < -0.4 is 5.32 Å². The first-order valence-electron chi connectivity index (χ1n) is 6.30. The van der Waals surface area contributed by atoms with Gasteiger partial charge in [-0.15, -0.1) is 0 Å². The smallest absolute Gasteiger partial charge is 0.252 e. The average Bonchev–Trinajstić information content (AvgIpc) is 2.42. The maximum absolute atomic E-state index is 13.5. The number of rotatable bonds is 3. The van der Waals surface area contributed by atoms with Crippen LogP contribution in [0.25, 0.3) is 0 Å². The second kappa shape index (κ2) is 6.18. The Kier molecular flexibility index (Phi) is 4.55. The first-order valence-corrected chi connectivity index (χ1v) is 7.10. The van der Waals surface area contributed by atoms with Gasteiger partial charge in [-0.3, -0.25) is 4.79 Å². The molecule has 1 N–H and O–H groups in total. The molecule has 0 aliphatic carbocycles. The molecule has 0 spiro atoms. The molecular weight excluding hydrogens is 321 g/mol. The molecule has 0 saturated heterocycles. The third-order valence-electron chi connectivity index (χ3n) is 3.16. The molecule has 4 heteroatoms. The Labute approximate surface area is 126 Å². The van der Waals surface area contributed by atoms with Crippen LogP contribution in [0.15, 0.2) is 46.9 Å². The highest BCUT2D eigenvalue weighted by atomic mass is 79.9. The highest BCUT2D eigenvalue weighted by Gasteiger charge is 2.14. The second-order valence-corrected chi connectivity index (χ2v) is 5.54. The van der Waals surface area contributed by atoms with Gasteiger partial charge in [0.15, 0.2) is 0 Å². The summed E-state index contributed by atoms with van der Waals surface area (Å²) in [7, 11) is 0. The molecule has 0 fully saturated rings. The van der Waals surface area contributed by atoms with Crippen LogP contribution in [0.3, 0.4) is 0 Å². The predicted molar refractivity (Wildman–Crippen MR) is 81.2 cm³/mol. The van der Waals surface area contributed by atoms with Crippen molar-refractivity contribution in [3.05, 3.63) is 69.4 Å². The van der Waals surface area contributed by atoms with Crippen LogP contribution in [0.4, 0.5) is 4.39 Å². The van der Waals surface area contributed by atoms with E-state index in [1.54, 1.807) is 25.1 Å². The summed E-state index contributed by atoms with van der Waals surface area (Å²) < 4.78 is 14.3. The Morgan fingerprint density at radius 2 is 1.95 bits per heavy atom. The summed E-state index contributed by atoms with van der Waals surface area (Å²) in [6.07, 6.45) is 0. The third-order valence-corrected chi connectivity index (χ3v) is 3.85. The van der Waals surface area contributed by atoms with E-state index in [0.29, 0.717) is 11.1 Å². The molecule has 0 aliphatic rings. The topological polar surface area (TPSA) is 29.1 Å². The molecule has 2 rings (SSSR count). The Morgan fingerprint density at radius 3 is 2.60 bits per heavy atom. The van der Waals surface area contributed by atoms with Gasteiger partial charge in [0.05, 0.1) is 11.6 Å². The molecule has 1 unspecified atom stereocenters. The summed E-state index contributed by atoms with van der Waals surface area (Å²) in [5, 5.41) is 2.86. The lowest BCUT2D eigenvalue weighted by atomic mass is 10.1.